The van der Waals surface area contributed by atoms with Crippen LogP contribution in [0.1, 0.15) is 5.89 Å². The number of ether oxygens (including phenoxy) is 1. The number of urea groups is 1. The van der Waals surface area contributed by atoms with Gasteiger partial charge in [0.15, 0.2) is 0 Å². The van der Waals surface area contributed by atoms with E-state index < -0.39 is 0 Å². The maximum Gasteiger partial charge on any atom is 0.317 e. The number of pyridine rings is 1. The monoisotopic (exact) mass is 346 g/mol. The molecule has 3 rings (SSSR count). The maximum absolute atomic E-state index is 12.0. The number of methoxy groups -OCH3 is 1. The molecule has 1 fully saturated rings. The molecule has 9 heteroatoms. The molecular formula is C16H22N6O3. The summed E-state index contributed by atoms with van der Waals surface area (Å²) in [6, 6.07) is 3.82. The molecular weight excluding hydrogens is 324 g/mol. The molecule has 0 atom stereocenters. The zero-order chi connectivity index (χ0) is 17.6. The van der Waals surface area contributed by atoms with E-state index in [0.29, 0.717) is 38.0 Å². The number of hydrogen-bond donors (Lipinski definition) is 1. The molecule has 134 valence electrons. The Balaban J connectivity index is 1.53. The molecule has 1 N–H and O–H groups in total. The van der Waals surface area contributed by atoms with Gasteiger partial charge in [0.2, 0.25) is 11.7 Å². The van der Waals surface area contributed by atoms with Crippen molar-refractivity contribution in [2.45, 2.75) is 6.92 Å². The number of amides is 2. The molecule has 0 bridgehead atoms. The number of aryl methyl sites for hydroxylation is 1. The lowest BCUT2D eigenvalue weighted by atomic mass is 10.2. The van der Waals surface area contributed by atoms with Gasteiger partial charge >= 0.3 is 6.03 Å². The number of nitrogens with zero attached hydrogens (tertiary/aromatic N) is 5. The summed E-state index contributed by atoms with van der Waals surface area (Å²) in [6.45, 7) is 5.59. The van der Waals surface area contributed by atoms with Crippen LogP contribution in [0.5, 0.6) is 0 Å². The standard InChI is InChI=1S/C16H22N6O3/c1-12-19-15(20-25-12)13-3-4-14(18-11-13)21-6-8-22(9-7-21)16(23)17-5-10-24-2/h3-4,11H,5-10H2,1-2H3,(H,17,23). The quantitative estimate of drug-likeness (QED) is 0.804. The first-order valence-corrected chi connectivity index (χ1v) is 8.21. The summed E-state index contributed by atoms with van der Waals surface area (Å²) >= 11 is 0. The lowest BCUT2D eigenvalue weighted by Gasteiger charge is -2.35. The molecule has 0 aliphatic carbocycles. The predicted molar refractivity (Wildman–Crippen MR) is 91.3 cm³/mol. The highest BCUT2D eigenvalue weighted by molar-refractivity contribution is 5.74. The Kier molecular flexibility index (Phi) is 5.44. The fourth-order valence-corrected chi connectivity index (χ4v) is 2.63. The summed E-state index contributed by atoms with van der Waals surface area (Å²) < 4.78 is 9.92. The van der Waals surface area contributed by atoms with E-state index in [2.05, 4.69) is 25.3 Å². The van der Waals surface area contributed by atoms with Crippen molar-refractivity contribution in [3.8, 4) is 11.4 Å². The van der Waals surface area contributed by atoms with Gasteiger partial charge in [-0.1, -0.05) is 5.16 Å². The SMILES string of the molecule is COCCNC(=O)N1CCN(c2ccc(-c3noc(C)n3)cn2)CC1. The van der Waals surface area contributed by atoms with E-state index in [1.54, 1.807) is 20.2 Å². The number of nitrogens with one attached hydrogen (secondary N) is 1. The first-order chi connectivity index (χ1) is 12.2. The predicted octanol–water partition coefficient (Wildman–Crippen LogP) is 0.918. The van der Waals surface area contributed by atoms with Crippen molar-refractivity contribution in [2.24, 2.45) is 0 Å². The van der Waals surface area contributed by atoms with Crippen LogP contribution < -0.4 is 10.2 Å². The van der Waals surface area contributed by atoms with Gasteiger partial charge in [-0.05, 0) is 12.1 Å². The van der Waals surface area contributed by atoms with E-state index in [4.69, 9.17) is 9.26 Å². The van der Waals surface area contributed by atoms with E-state index in [1.165, 1.54) is 0 Å². The van der Waals surface area contributed by atoms with Crippen LogP contribution in [0.25, 0.3) is 11.4 Å². The van der Waals surface area contributed by atoms with Crippen LogP contribution >= 0.6 is 0 Å². The molecule has 2 amide bonds. The van der Waals surface area contributed by atoms with Crippen LogP contribution in [0.3, 0.4) is 0 Å². The van der Waals surface area contributed by atoms with Gasteiger partial charge in [0.25, 0.3) is 0 Å². The highest BCUT2D eigenvalue weighted by atomic mass is 16.5. The molecule has 0 spiro atoms. The lowest BCUT2D eigenvalue weighted by Crippen LogP contribution is -2.52. The molecule has 0 saturated carbocycles. The zero-order valence-corrected chi connectivity index (χ0v) is 14.4. The minimum atomic E-state index is -0.0486. The van der Waals surface area contributed by atoms with Crippen molar-refractivity contribution in [3.63, 3.8) is 0 Å². The Bertz CT molecular complexity index is 694. The van der Waals surface area contributed by atoms with Gasteiger partial charge < -0.3 is 24.4 Å². The molecule has 25 heavy (non-hydrogen) atoms. The number of carbonyl (C=O) groups excluding carboxylic acids is 1. The van der Waals surface area contributed by atoms with Crippen molar-refractivity contribution >= 4 is 11.8 Å². The number of rotatable bonds is 5. The normalized spacial score (nSPS) is 14.6. The van der Waals surface area contributed by atoms with Crippen LogP contribution in [0, 0.1) is 6.92 Å². The average Bonchev–Trinajstić information content (AvgIpc) is 3.08. The number of carbonyl (C=O) groups is 1. The van der Waals surface area contributed by atoms with Crippen molar-refractivity contribution in [1.29, 1.82) is 0 Å². The first kappa shape index (κ1) is 17.2. The van der Waals surface area contributed by atoms with Crippen LogP contribution in [-0.4, -0.2) is 72.5 Å². The molecule has 0 radical (unpaired) electrons. The molecule has 0 unspecified atom stereocenters. The van der Waals surface area contributed by atoms with Gasteiger partial charge in [-0.3, -0.25) is 0 Å². The number of anilines is 1. The Hall–Kier alpha value is -2.68. The van der Waals surface area contributed by atoms with Gasteiger partial charge in [-0.25, -0.2) is 9.78 Å². The fourth-order valence-electron chi connectivity index (χ4n) is 2.63. The van der Waals surface area contributed by atoms with Crippen molar-refractivity contribution in [1.82, 2.24) is 25.3 Å². The van der Waals surface area contributed by atoms with Crippen molar-refractivity contribution in [3.05, 3.63) is 24.2 Å². The molecule has 1 saturated heterocycles. The summed E-state index contributed by atoms with van der Waals surface area (Å²) in [4.78, 5) is 24.7. The van der Waals surface area contributed by atoms with E-state index >= 15 is 0 Å². The number of piperazine rings is 1. The van der Waals surface area contributed by atoms with E-state index in [9.17, 15) is 4.79 Å². The minimum absolute atomic E-state index is 0.0486. The Morgan fingerprint density at radius 1 is 1.32 bits per heavy atom. The molecule has 2 aromatic heterocycles. The zero-order valence-electron chi connectivity index (χ0n) is 14.4. The van der Waals surface area contributed by atoms with Crippen molar-refractivity contribution < 1.29 is 14.1 Å². The maximum atomic E-state index is 12.0. The van der Waals surface area contributed by atoms with E-state index in [-0.39, 0.29) is 6.03 Å². The smallest absolute Gasteiger partial charge is 0.317 e. The highest BCUT2D eigenvalue weighted by Crippen LogP contribution is 2.19. The second-order valence-corrected chi connectivity index (χ2v) is 5.74. The van der Waals surface area contributed by atoms with Gasteiger partial charge in [-0.2, -0.15) is 4.98 Å². The number of aromatic nitrogens is 3. The summed E-state index contributed by atoms with van der Waals surface area (Å²) in [5.41, 5.74) is 0.816. The molecule has 0 aromatic carbocycles. The number of hydrogen-bond acceptors (Lipinski definition) is 7. The largest absolute Gasteiger partial charge is 0.383 e. The third-order valence-electron chi connectivity index (χ3n) is 4.01. The summed E-state index contributed by atoms with van der Waals surface area (Å²) in [7, 11) is 1.61. The minimum Gasteiger partial charge on any atom is -0.383 e. The van der Waals surface area contributed by atoms with Gasteiger partial charge in [0.1, 0.15) is 5.82 Å². The highest BCUT2D eigenvalue weighted by Gasteiger charge is 2.21. The second kappa shape index (κ2) is 7.93. The van der Waals surface area contributed by atoms with Crippen LogP contribution in [-0.2, 0) is 4.74 Å². The van der Waals surface area contributed by atoms with Crippen LogP contribution in [0.4, 0.5) is 10.6 Å². The molecule has 1 aliphatic heterocycles. The van der Waals surface area contributed by atoms with Crippen molar-refractivity contribution in [2.75, 3.05) is 51.3 Å². The molecule has 2 aromatic rings. The molecule has 9 nitrogen and oxygen atoms in total. The Labute approximate surface area is 146 Å². The summed E-state index contributed by atoms with van der Waals surface area (Å²) in [5, 5.41) is 6.73. The van der Waals surface area contributed by atoms with Crippen LogP contribution in [0.2, 0.25) is 0 Å². The fraction of sp³-hybridized carbons (Fsp3) is 0.500. The van der Waals surface area contributed by atoms with Gasteiger partial charge in [-0.15, -0.1) is 0 Å². The van der Waals surface area contributed by atoms with Crippen LogP contribution in [0.15, 0.2) is 22.9 Å². The third-order valence-corrected chi connectivity index (χ3v) is 4.01. The van der Waals surface area contributed by atoms with Gasteiger partial charge in [0.05, 0.1) is 6.61 Å². The third kappa shape index (κ3) is 4.24. The Morgan fingerprint density at radius 2 is 2.12 bits per heavy atom. The lowest BCUT2D eigenvalue weighted by molar-refractivity contribution is 0.177. The Morgan fingerprint density at radius 3 is 2.72 bits per heavy atom. The summed E-state index contributed by atoms with van der Waals surface area (Å²) in [6.07, 6.45) is 1.74. The second-order valence-electron chi connectivity index (χ2n) is 5.74. The molecule has 1 aliphatic rings. The average molecular weight is 346 g/mol. The van der Waals surface area contributed by atoms with Gasteiger partial charge in [0, 0.05) is 58.5 Å². The first-order valence-electron chi connectivity index (χ1n) is 8.21. The molecule has 3 heterocycles. The summed E-state index contributed by atoms with van der Waals surface area (Å²) in [5.74, 6) is 1.94. The van der Waals surface area contributed by atoms with E-state index in [1.807, 2.05) is 17.0 Å². The van der Waals surface area contributed by atoms with E-state index in [0.717, 1.165) is 24.5 Å². The topological polar surface area (TPSA) is 96.6 Å².